The van der Waals surface area contributed by atoms with Crippen LogP contribution in [0.5, 0.6) is 0 Å². The minimum absolute atomic E-state index is 0.613. The van der Waals surface area contributed by atoms with E-state index in [1.807, 2.05) is 30.3 Å². The predicted molar refractivity (Wildman–Crippen MR) is 224 cm³/mol. The maximum atomic E-state index is 10.1. The molecule has 0 saturated carbocycles. The van der Waals surface area contributed by atoms with E-state index in [2.05, 4.69) is 167 Å². The zero-order valence-electron chi connectivity index (χ0n) is 29.1. The first-order valence-electron chi connectivity index (χ1n) is 18.2. The Balaban J connectivity index is 1.09. The van der Waals surface area contributed by atoms with Crippen molar-refractivity contribution in [1.82, 2.24) is 14.1 Å². The number of benzene rings is 8. The predicted octanol–water partition coefficient (Wildman–Crippen LogP) is 12.8. The Hall–Kier alpha value is -7.48. The molecule has 11 aromatic rings. The largest absolute Gasteiger partial charge is 0.309 e. The number of nitriles is 1. The number of aromatic nitrogens is 3. The lowest BCUT2D eigenvalue weighted by molar-refractivity contribution is 1.10. The van der Waals surface area contributed by atoms with Crippen molar-refractivity contribution in [2.24, 2.45) is 0 Å². The van der Waals surface area contributed by atoms with Gasteiger partial charge in [-0.25, -0.2) is 4.98 Å². The summed E-state index contributed by atoms with van der Waals surface area (Å²) in [7, 11) is 0. The smallest absolute Gasteiger partial charge is 0.139 e. The third-order valence-electron chi connectivity index (χ3n) is 10.9. The summed E-state index contributed by atoms with van der Waals surface area (Å²) in [6, 6.07) is 66.9. The van der Waals surface area contributed by atoms with Crippen molar-refractivity contribution >= 4 is 65.3 Å². The van der Waals surface area contributed by atoms with E-state index in [9.17, 15) is 5.26 Å². The summed E-state index contributed by atoms with van der Waals surface area (Å²) in [6.07, 6.45) is 0. The lowest BCUT2D eigenvalue weighted by Gasteiger charge is -2.11. The number of hydrogen-bond donors (Lipinski definition) is 0. The Bertz CT molecular complexity index is 3340. The molecule has 0 unspecified atom stereocenters. The second kappa shape index (κ2) is 11.8. The van der Waals surface area contributed by atoms with Gasteiger partial charge >= 0.3 is 0 Å². The first-order valence-corrected chi connectivity index (χ1v) is 18.2. The molecule has 0 spiro atoms. The zero-order chi connectivity index (χ0) is 35.8. The third kappa shape index (κ3) is 4.52. The molecule has 54 heavy (non-hydrogen) atoms. The van der Waals surface area contributed by atoms with Crippen LogP contribution in [-0.2, 0) is 0 Å². The summed E-state index contributed by atoms with van der Waals surface area (Å²) in [5.74, 6) is 0.734. The second-order valence-electron chi connectivity index (χ2n) is 13.9. The van der Waals surface area contributed by atoms with Crippen molar-refractivity contribution in [3.63, 3.8) is 0 Å². The van der Waals surface area contributed by atoms with E-state index in [1.165, 1.54) is 38.1 Å². The summed E-state index contributed by atoms with van der Waals surface area (Å²) >= 11 is 0. The first kappa shape index (κ1) is 30.2. The monoisotopic (exact) mass is 686 g/mol. The molecule has 3 aromatic heterocycles. The van der Waals surface area contributed by atoms with Gasteiger partial charge in [-0.3, -0.25) is 4.57 Å². The molecule has 4 heteroatoms. The number of pyridine rings is 1. The molecule has 250 valence electrons. The molecule has 0 N–H and O–H groups in total. The lowest BCUT2D eigenvalue weighted by atomic mass is 9.96. The molecule has 3 heterocycles. The Morgan fingerprint density at radius 2 is 1.06 bits per heavy atom. The van der Waals surface area contributed by atoms with E-state index < -0.39 is 0 Å². The van der Waals surface area contributed by atoms with Gasteiger partial charge in [0.1, 0.15) is 5.82 Å². The van der Waals surface area contributed by atoms with Crippen LogP contribution in [0.3, 0.4) is 0 Å². The summed E-state index contributed by atoms with van der Waals surface area (Å²) in [6.45, 7) is 0. The highest BCUT2D eigenvalue weighted by molar-refractivity contribution is 6.22. The quantitative estimate of drug-likeness (QED) is 0.185. The van der Waals surface area contributed by atoms with Crippen molar-refractivity contribution in [3.8, 4) is 39.8 Å². The van der Waals surface area contributed by atoms with Crippen molar-refractivity contribution < 1.29 is 0 Å². The molecule has 11 rings (SSSR count). The highest BCUT2D eigenvalue weighted by Gasteiger charge is 2.18. The SMILES string of the molecule is N#Cc1cc(-n2c3ccccc3c3ccc(-c4cccc(-c5ccc6c(c5)c5c7ccccc7ccc5n6-c5ccccc5)c4)cc32)nc2ccccc12. The number of fused-ring (bicyclic) bond motifs is 9. The van der Waals surface area contributed by atoms with Crippen molar-refractivity contribution in [3.05, 3.63) is 188 Å². The highest BCUT2D eigenvalue weighted by atomic mass is 15.1. The van der Waals surface area contributed by atoms with Crippen LogP contribution < -0.4 is 0 Å². The van der Waals surface area contributed by atoms with Gasteiger partial charge in [-0.05, 0) is 93.7 Å². The van der Waals surface area contributed by atoms with Gasteiger partial charge in [0.25, 0.3) is 0 Å². The summed E-state index contributed by atoms with van der Waals surface area (Å²) in [5, 5.41) is 18.3. The van der Waals surface area contributed by atoms with Crippen LogP contribution >= 0.6 is 0 Å². The van der Waals surface area contributed by atoms with Gasteiger partial charge in [0.05, 0.1) is 39.2 Å². The molecular formula is C50H30N4. The van der Waals surface area contributed by atoms with E-state index in [0.29, 0.717) is 5.56 Å². The minimum Gasteiger partial charge on any atom is -0.309 e. The van der Waals surface area contributed by atoms with E-state index in [0.717, 1.165) is 60.9 Å². The molecule has 4 nitrogen and oxygen atoms in total. The fourth-order valence-corrected chi connectivity index (χ4v) is 8.47. The summed E-state index contributed by atoms with van der Waals surface area (Å²) in [4.78, 5) is 5.08. The van der Waals surface area contributed by atoms with Crippen LogP contribution in [0.2, 0.25) is 0 Å². The van der Waals surface area contributed by atoms with Crippen LogP contribution in [0.4, 0.5) is 0 Å². The molecule has 0 aliphatic carbocycles. The average molecular weight is 687 g/mol. The number of nitrogens with zero attached hydrogens (tertiary/aromatic N) is 4. The normalized spacial score (nSPS) is 11.7. The van der Waals surface area contributed by atoms with Gasteiger partial charge < -0.3 is 4.57 Å². The maximum Gasteiger partial charge on any atom is 0.139 e. The fourth-order valence-electron chi connectivity index (χ4n) is 8.47. The van der Waals surface area contributed by atoms with Gasteiger partial charge in [-0.1, -0.05) is 121 Å². The number of hydrogen-bond acceptors (Lipinski definition) is 2. The zero-order valence-corrected chi connectivity index (χ0v) is 29.1. The Kier molecular flexibility index (Phi) is 6.58. The molecule has 0 aliphatic heterocycles. The minimum atomic E-state index is 0.613. The molecule has 0 aliphatic rings. The standard InChI is InChI=1S/C50H30N4/c51-31-37-30-49(52-44-19-8-6-16-39(37)44)54-45-20-9-7-18-41(45)42-24-21-36(29-48(42)54)34-13-10-12-33(27-34)35-23-25-46-43(28-35)50-40-17-5-4-11-32(40)22-26-47(50)53(46)38-14-2-1-3-15-38/h1-30H. The fraction of sp³-hybridized carbons (Fsp3) is 0. The van der Waals surface area contributed by atoms with Crippen molar-refractivity contribution in [2.75, 3.05) is 0 Å². The van der Waals surface area contributed by atoms with Crippen molar-refractivity contribution in [2.45, 2.75) is 0 Å². The topological polar surface area (TPSA) is 46.5 Å². The van der Waals surface area contributed by atoms with Crippen LogP contribution in [0, 0.1) is 11.3 Å². The Morgan fingerprint density at radius 3 is 1.91 bits per heavy atom. The highest BCUT2D eigenvalue weighted by Crippen LogP contribution is 2.40. The number of rotatable bonds is 4. The molecule has 0 saturated heterocycles. The number of para-hydroxylation sites is 3. The molecule has 0 atom stereocenters. The second-order valence-corrected chi connectivity index (χ2v) is 13.9. The maximum absolute atomic E-state index is 10.1. The van der Waals surface area contributed by atoms with Crippen LogP contribution in [0.15, 0.2) is 182 Å². The van der Waals surface area contributed by atoms with Gasteiger partial charge in [0, 0.05) is 32.6 Å². The molecule has 8 aromatic carbocycles. The molecule has 0 fully saturated rings. The van der Waals surface area contributed by atoms with Gasteiger partial charge in [-0.15, -0.1) is 0 Å². The van der Waals surface area contributed by atoms with Gasteiger partial charge in [-0.2, -0.15) is 5.26 Å². The van der Waals surface area contributed by atoms with Crippen LogP contribution in [-0.4, -0.2) is 14.1 Å². The van der Waals surface area contributed by atoms with Crippen LogP contribution in [0.25, 0.3) is 99.0 Å². The molecule has 0 amide bonds. The van der Waals surface area contributed by atoms with Crippen molar-refractivity contribution in [1.29, 1.82) is 5.26 Å². The first-order chi connectivity index (χ1) is 26.7. The Morgan fingerprint density at radius 1 is 0.407 bits per heavy atom. The molecular weight excluding hydrogens is 657 g/mol. The summed E-state index contributed by atoms with van der Waals surface area (Å²) < 4.78 is 4.58. The van der Waals surface area contributed by atoms with E-state index in [1.54, 1.807) is 0 Å². The van der Waals surface area contributed by atoms with E-state index in [4.69, 9.17) is 4.98 Å². The lowest BCUT2D eigenvalue weighted by Crippen LogP contribution is -1.99. The van der Waals surface area contributed by atoms with E-state index >= 15 is 0 Å². The van der Waals surface area contributed by atoms with E-state index in [-0.39, 0.29) is 0 Å². The van der Waals surface area contributed by atoms with Gasteiger partial charge in [0.15, 0.2) is 0 Å². The Labute approximate surface area is 311 Å². The van der Waals surface area contributed by atoms with Crippen LogP contribution in [0.1, 0.15) is 5.56 Å². The molecule has 0 radical (unpaired) electrons. The average Bonchev–Trinajstić information content (AvgIpc) is 3.76. The van der Waals surface area contributed by atoms with Gasteiger partial charge in [0.2, 0.25) is 0 Å². The molecule has 0 bridgehead atoms. The summed E-state index contributed by atoms with van der Waals surface area (Å²) in [5.41, 5.74) is 11.6. The third-order valence-corrected chi connectivity index (χ3v) is 10.9.